The van der Waals surface area contributed by atoms with Crippen LogP contribution in [0, 0.1) is 23.2 Å². The number of carbonyl (C=O) groups is 2. The summed E-state index contributed by atoms with van der Waals surface area (Å²) in [4.78, 5) is 24.8. The first-order valence-electron chi connectivity index (χ1n) is 9.42. The van der Waals surface area contributed by atoms with E-state index in [-0.39, 0.29) is 11.9 Å². The van der Waals surface area contributed by atoms with Gasteiger partial charge >= 0.3 is 11.9 Å². The summed E-state index contributed by atoms with van der Waals surface area (Å²) in [5.74, 6) is -1.27. The minimum Gasteiger partial charge on any atom is -0.481 e. The SMILES string of the molecule is CCCCC(CC)CC1(C(=O)OCC(C)C)CC=CCC1C(=O)O. The van der Waals surface area contributed by atoms with Gasteiger partial charge in [-0.1, -0.05) is 65.5 Å². The lowest BCUT2D eigenvalue weighted by molar-refractivity contribution is -0.170. The number of esters is 1. The van der Waals surface area contributed by atoms with Crippen LogP contribution in [0.1, 0.15) is 72.6 Å². The Labute approximate surface area is 146 Å². The van der Waals surface area contributed by atoms with Gasteiger partial charge in [0.05, 0.1) is 17.9 Å². The highest BCUT2D eigenvalue weighted by molar-refractivity contribution is 5.85. The minimum absolute atomic E-state index is 0.246. The lowest BCUT2D eigenvalue weighted by atomic mass is 9.63. The largest absolute Gasteiger partial charge is 0.481 e. The molecule has 138 valence electrons. The summed E-state index contributed by atoms with van der Waals surface area (Å²) in [6.45, 7) is 8.62. The molecule has 0 aromatic carbocycles. The van der Waals surface area contributed by atoms with E-state index in [0.29, 0.717) is 31.8 Å². The third-order valence-corrected chi connectivity index (χ3v) is 5.14. The van der Waals surface area contributed by atoms with Crippen molar-refractivity contribution in [2.24, 2.45) is 23.2 Å². The van der Waals surface area contributed by atoms with Gasteiger partial charge in [-0.25, -0.2) is 0 Å². The summed E-state index contributed by atoms with van der Waals surface area (Å²) in [5.41, 5.74) is -0.913. The van der Waals surface area contributed by atoms with E-state index in [1.165, 1.54) is 0 Å². The monoisotopic (exact) mass is 338 g/mol. The molecule has 0 spiro atoms. The highest BCUT2D eigenvalue weighted by atomic mass is 16.5. The van der Waals surface area contributed by atoms with Crippen molar-refractivity contribution in [1.29, 1.82) is 0 Å². The van der Waals surface area contributed by atoms with Crippen LogP contribution >= 0.6 is 0 Å². The molecule has 1 rings (SSSR count). The standard InChI is InChI=1S/C20H34O4/c1-5-7-10-16(6-2)13-20(19(23)24-14-15(3)4)12-9-8-11-17(20)18(21)22/h8-9,15-17H,5-7,10-14H2,1-4H3,(H,21,22). The van der Waals surface area contributed by atoms with Crippen molar-refractivity contribution in [1.82, 2.24) is 0 Å². The van der Waals surface area contributed by atoms with Gasteiger partial charge in [-0.2, -0.15) is 0 Å². The lowest BCUT2D eigenvalue weighted by Gasteiger charge is -2.40. The van der Waals surface area contributed by atoms with Crippen LogP contribution in [0.5, 0.6) is 0 Å². The number of hydrogen-bond acceptors (Lipinski definition) is 3. The molecule has 0 aliphatic heterocycles. The first kappa shape index (κ1) is 20.7. The van der Waals surface area contributed by atoms with Crippen LogP contribution in [0.25, 0.3) is 0 Å². The molecule has 4 heteroatoms. The van der Waals surface area contributed by atoms with Gasteiger partial charge in [0.25, 0.3) is 0 Å². The molecule has 1 aliphatic carbocycles. The zero-order valence-corrected chi connectivity index (χ0v) is 15.7. The Morgan fingerprint density at radius 3 is 2.54 bits per heavy atom. The quantitative estimate of drug-likeness (QED) is 0.458. The first-order chi connectivity index (χ1) is 11.4. The van der Waals surface area contributed by atoms with Crippen LogP contribution in [0.15, 0.2) is 12.2 Å². The number of aliphatic carboxylic acids is 1. The van der Waals surface area contributed by atoms with Crippen molar-refractivity contribution in [3.8, 4) is 0 Å². The second-order valence-corrected chi connectivity index (χ2v) is 7.57. The Hall–Kier alpha value is -1.32. The Balaban J connectivity index is 3.06. The van der Waals surface area contributed by atoms with E-state index in [1.807, 2.05) is 26.0 Å². The third-order valence-electron chi connectivity index (χ3n) is 5.14. The van der Waals surface area contributed by atoms with Crippen LogP contribution in [0.2, 0.25) is 0 Å². The van der Waals surface area contributed by atoms with Crippen molar-refractivity contribution < 1.29 is 19.4 Å². The summed E-state index contributed by atoms with van der Waals surface area (Å²) in [7, 11) is 0. The fourth-order valence-electron chi connectivity index (χ4n) is 3.61. The van der Waals surface area contributed by atoms with Crippen LogP contribution in [-0.4, -0.2) is 23.7 Å². The molecule has 1 aliphatic rings. The van der Waals surface area contributed by atoms with Gasteiger partial charge in [-0.15, -0.1) is 0 Å². The number of carbonyl (C=O) groups excluding carboxylic acids is 1. The van der Waals surface area contributed by atoms with Crippen LogP contribution in [0.4, 0.5) is 0 Å². The van der Waals surface area contributed by atoms with Crippen molar-refractivity contribution in [3.05, 3.63) is 12.2 Å². The molecule has 4 nitrogen and oxygen atoms in total. The zero-order valence-electron chi connectivity index (χ0n) is 15.7. The van der Waals surface area contributed by atoms with Gasteiger partial charge in [0.2, 0.25) is 0 Å². The zero-order chi connectivity index (χ0) is 18.2. The molecule has 3 atom stereocenters. The number of rotatable bonds is 10. The second kappa shape index (κ2) is 9.85. The molecule has 0 bridgehead atoms. The summed E-state index contributed by atoms with van der Waals surface area (Å²) in [5, 5.41) is 9.72. The Morgan fingerprint density at radius 2 is 2.00 bits per heavy atom. The van der Waals surface area contributed by atoms with Gasteiger partial charge in [-0.05, 0) is 31.1 Å². The first-order valence-corrected chi connectivity index (χ1v) is 9.42. The summed E-state index contributed by atoms with van der Waals surface area (Å²) in [6, 6.07) is 0. The van der Waals surface area contributed by atoms with E-state index in [4.69, 9.17) is 4.74 Å². The fraction of sp³-hybridized carbons (Fsp3) is 0.800. The maximum atomic E-state index is 12.9. The number of allylic oxidation sites excluding steroid dienone is 2. The smallest absolute Gasteiger partial charge is 0.313 e. The Kier molecular flexibility index (Phi) is 8.51. The van der Waals surface area contributed by atoms with Crippen LogP contribution in [0.3, 0.4) is 0 Å². The number of ether oxygens (including phenoxy) is 1. The van der Waals surface area contributed by atoms with Crippen molar-refractivity contribution in [3.63, 3.8) is 0 Å². The average Bonchev–Trinajstić information content (AvgIpc) is 2.56. The molecule has 0 fully saturated rings. The van der Waals surface area contributed by atoms with E-state index in [9.17, 15) is 14.7 Å². The number of hydrogen-bond donors (Lipinski definition) is 1. The van der Waals surface area contributed by atoms with Gasteiger partial charge in [0.1, 0.15) is 0 Å². The normalized spacial score (nSPS) is 24.8. The molecular weight excluding hydrogens is 304 g/mol. The summed E-state index contributed by atoms with van der Waals surface area (Å²) in [6.07, 6.45) is 9.59. The highest BCUT2D eigenvalue weighted by Crippen LogP contribution is 2.46. The van der Waals surface area contributed by atoms with E-state index in [2.05, 4.69) is 13.8 Å². The molecule has 0 amide bonds. The number of carboxylic acids is 1. The van der Waals surface area contributed by atoms with Crippen molar-refractivity contribution >= 4 is 11.9 Å². The molecule has 0 radical (unpaired) electrons. The Morgan fingerprint density at radius 1 is 1.29 bits per heavy atom. The van der Waals surface area contributed by atoms with Crippen molar-refractivity contribution in [2.75, 3.05) is 6.61 Å². The molecule has 1 N–H and O–H groups in total. The van der Waals surface area contributed by atoms with E-state index < -0.39 is 17.3 Å². The molecule has 3 unspecified atom stereocenters. The molecule has 0 heterocycles. The van der Waals surface area contributed by atoms with Gasteiger partial charge in [0.15, 0.2) is 0 Å². The van der Waals surface area contributed by atoms with Gasteiger partial charge in [-0.3, -0.25) is 9.59 Å². The second-order valence-electron chi connectivity index (χ2n) is 7.57. The minimum atomic E-state index is -0.913. The average molecular weight is 338 g/mol. The lowest BCUT2D eigenvalue weighted by Crippen LogP contribution is -2.46. The Bertz CT molecular complexity index is 441. The number of unbranched alkanes of at least 4 members (excludes halogenated alkanes) is 1. The number of carboxylic acid groups (broad SMARTS) is 1. The molecular formula is C20H34O4. The summed E-state index contributed by atoms with van der Waals surface area (Å²) < 4.78 is 5.54. The van der Waals surface area contributed by atoms with Gasteiger partial charge < -0.3 is 9.84 Å². The fourth-order valence-corrected chi connectivity index (χ4v) is 3.61. The van der Waals surface area contributed by atoms with E-state index >= 15 is 0 Å². The topological polar surface area (TPSA) is 63.6 Å². The predicted molar refractivity (Wildman–Crippen MR) is 95.7 cm³/mol. The molecule has 24 heavy (non-hydrogen) atoms. The molecule has 0 saturated carbocycles. The van der Waals surface area contributed by atoms with Gasteiger partial charge in [0, 0.05) is 0 Å². The molecule has 0 aromatic heterocycles. The van der Waals surface area contributed by atoms with E-state index in [1.54, 1.807) is 0 Å². The maximum absolute atomic E-state index is 12.9. The van der Waals surface area contributed by atoms with Crippen LogP contribution in [-0.2, 0) is 14.3 Å². The van der Waals surface area contributed by atoms with Crippen LogP contribution < -0.4 is 0 Å². The molecule has 0 saturated heterocycles. The third kappa shape index (κ3) is 5.35. The maximum Gasteiger partial charge on any atom is 0.313 e. The molecule has 0 aromatic rings. The highest BCUT2D eigenvalue weighted by Gasteiger charge is 2.51. The van der Waals surface area contributed by atoms with Crippen molar-refractivity contribution in [2.45, 2.75) is 72.6 Å². The van der Waals surface area contributed by atoms with E-state index in [0.717, 1.165) is 25.7 Å². The summed E-state index contributed by atoms with van der Waals surface area (Å²) >= 11 is 0. The predicted octanol–water partition coefficient (Wildman–Crippen LogP) is 4.83.